The SMILES string of the molecule is CCOc1cccc(C(=O)NC(=S)NC)c1. The lowest BCUT2D eigenvalue weighted by Crippen LogP contribution is -2.37. The van der Waals surface area contributed by atoms with Crippen molar-refractivity contribution in [1.82, 2.24) is 10.6 Å². The van der Waals surface area contributed by atoms with E-state index in [9.17, 15) is 4.79 Å². The summed E-state index contributed by atoms with van der Waals surface area (Å²) in [7, 11) is 1.65. The predicted molar refractivity (Wildman–Crippen MR) is 66.7 cm³/mol. The second-order valence-electron chi connectivity index (χ2n) is 2.99. The third kappa shape index (κ3) is 3.51. The van der Waals surface area contributed by atoms with Crippen LogP contribution in [0.25, 0.3) is 0 Å². The Morgan fingerprint density at radius 1 is 1.50 bits per heavy atom. The molecule has 0 radical (unpaired) electrons. The zero-order valence-corrected chi connectivity index (χ0v) is 10.1. The first-order chi connectivity index (χ1) is 7.67. The van der Waals surface area contributed by atoms with E-state index >= 15 is 0 Å². The van der Waals surface area contributed by atoms with Gasteiger partial charge in [-0.05, 0) is 37.3 Å². The van der Waals surface area contributed by atoms with Gasteiger partial charge in [-0.2, -0.15) is 0 Å². The molecule has 1 rings (SSSR count). The summed E-state index contributed by atoms with van der Waals surface area (Å²) in [6, 6.07) is 6.95. The zero-order valence-electron chi connectivity index (χ0n) is 9.24. The van der Waals surface area contributed by atoms with Crippen molar-refractivity contribution in [2.75, 3.05) is 13.7 Å². The van der Waals surface area contributed by atoms with Gasteiger partial charge in [0.05, 0.1) is 6.61 Å². The average Bonchev–Trinajstić information content (AvgIpc) is 2.29. The molecular weight excluding hydrogens is 224 g/mol. The Balaban J connectivity index is 2.75. The maximum atomic E-state index is 11.7. The van der Waals surface area contributed by atoms with Crippen molar-refractivity contribution in [3.63, 3.8) is 0 Å². The Labute approximate surface area is 100.0 Å². The summed E-state index contributed by atoms with van der Waals surface area (Å²) in [5.41, 5.74) is 0.517. The molecule has 4 nitrogen and oxygen atoms in total. The molecule has 0 aliphatic carbocycles. The maximum absolute atomic E-state index is 11.7. The third-order valence-corrected chi connectivity index (χ3v) is 2.17. The summed E-state index contributed by atoms with van der Waals surface area (Å²) >= 11 is 4.84. The first kappa shape index (κ1) is 12.4. The van der Waals surface area contributed by atoms with Crippen molar-refractivity contribution < 1.29 is 9.53 Å². The molecule has 16 heavy (non-hydrogen) atoms. The van der Waals surface area contributed by atoms with E-state index in [0.29, 0.717) is 23.0 Å². The van der Waals surface area contributed by atoms with Gasteiger partial charge in [0.15, 0.2) is 5.11 Å². The third-order valence-electron chi connectivity index (χ3n) is 1.86. The Morgan fingerprint density at radius 2 is 2.25 bits per heavy atom. The average molecular weight is 238 g/mol. The Bertz CT molecular complexity index is 393. The van der Waals surface area contributed by atoms with E-state index in [0.717, 1.165) is 0 Å². The topological polar surface area (TPSA) is 50.4 Å². The van der Waals surface area contributed by atoms with E-state index in [4.69, 9.17) is 17.0 Å². The van der Waals surface area contributed by atoms with Gasteiger partial charge in [-0.1, -0.05) is 6.07 Å². The van der Waals surface area contributed by atoms with Crippen molar-refractivity contribution in [2.24, 2.45) is 0 Å². The molecule has 86 valence electrons. The number of ether oxygens (including phenoxy) is 1. The molecule has 5 heteroatoms. The molecule has 0 atom stereocenters. The second kappa shape index (κ2) is 6.07. The minimum absolute atomic E-state index is 0.249. The summed E-state index contributed by atoms with van der Waals surface area (Å²) < 4.78 is 5.30. The van der Waals surface area contributed by atoms with Crippen LogP contribution in [-0.2, 0) is 0 Å². The summed E-state index contributed by atoms with van der Waals surface area (Å²) in [5.74, 6) is 0.423. The number of carbonyl (C=O) groups is 1. The molecule has 0 fully saturated rings. The van der Waals surface area contributed by atoms with E-state index in [1.807, 2.05) is 6.92 Å². The van der Waals surface area contributed by atoms with Gasteiger partial charge in [-0.3, -0.25) is 10.1 Å². The number of rotatable bonds is 3. The standard InChI is InChI=1S/C11H14N2O2S/c1-3-15-9-6-4-5-8(7-9)10(14)13-11(16)12-2/h4-7H,3H2,1-2H3,(H2,12,13,14,16). The van der Waals surface area contributed by atoms with E-state index in [1.165, 1.54) is 0 Å². The van der Waals surface area contributed by atoms with Crippen molar-refractivity contribution in [3.05, 3.63) is 29.8 Å². The lowest BCUT2D eigenvalue weighted by atomic mass is 10.2. The van der Waals surface area contributed by atoms with Crippen LogP contribution in [0.5, 0.6) is 5.75 Å². The van der Waals surface area contributed by atoms with Crippen molar-refractivity contribution >= 4 is 23.2 Å². The highest BCUT2D eigenvalue weighted by Gasteiger charge is 2.07. The number of hydrogen-bond acceptors (Lipinski definition) is 3. The number of thiocarbonyl (C=S) groups is 1. The van der Waals surface area contributed by atoms with Gasteiger partial charge in [-0.15, -0.1) is 0 Å². The molecule has 0 heterocycles. The van der Waals surface area contributed by atoms with Crippen LogP contribution in [0.4, 0.5) is 0 Å². The molecule has 0 aliphatic heterocycles. The first-order valence-electron chi connectivity index (χ1n) is 4.93. The fraction of sp³-hybridized carbons (Fsp3) is 0.273. The molecule has 0 spiro atoms. The van der Waals surface area contributed by atoms with E-state index < -0.39 is 0 Å². The summed E-state index contributed by atoms with van der Waals surface area (Å²) in [5, 5.41) is 5.51. The molecule has 0 unspecified atom stereocenters. The Hall–Kier alpha value is -1.62. The van der Waals surface area contributed by atoms with Crippen LogP contribution < -0.4 is 15.4 Å². The van der Waals surface area contributed by atoms with Crippen molar-refractivity contribution in [2.45, 2.75) is 6.92 Å². The minimum Gasteiger partial charge on any atom is -0.494 e. The van der Waals surface area contributed by atoms with Crippen LogP contribution in [0.15, 0.2) is 24.3 Å². The van der Waals surface area contributed by atoms with Crippen LogP contribution in [0.1, 0.15) is 17.3 Å². The molecular formula is C11H14N2O2S. The first-order valence-corrected chi connectivity index (χ1v) is 5.34. The summed E-state index contributed by atoms with van der Waals surface area (Å²) in [4.78, 5) is 11.7. The second-order valence-corrected chi connectivity index (χ2v) is 3.40. The highest BCUT2D eigenvalue weighted by molar-refractivity contribution is 7.80. The number of nitrogens with one attached hydrogen (secondary N) is 2. The molecule has 1 aromatic rings. The van der Waals surface area contributed by atoms with Gasteiger partial charge in [0, 0.05) is 12.6 Å². The quantitative estimate of drug-likeness (QED) is 0.780. The fourth-order valence-corrected chi connectivity index (χ4v) is 1.22. The van der Waals surface area contributed by atoms with Crippen LogP contribution in [0.2, 0.25) is 0 Å². The molecule has 0 aromatic heterocycles. The molecule has 1 aromatic carbocycles. The van der Waals surface area contributed by atoms with Gasteiger partial charge in [-0.25, -0.2) is 0 Å². The van der Waals surface area contributed by atoms with Crippen molar-refractivity contribution in [1.29, 1.82) is 0 Å². The number of carbonyl (C=O) groups excluding carboxylic acids is 1. The van der Waals surface area contributed by atoms with Gasteiger partial charge in [0.25, 0.3) is 5.91 Å². The summed E-state index contributed by atoms with van der Waals surface area (Å²) in [6.07, 6.45) is 0. The van der Waals surface area contributed by atoms with Crippen LogP contribution in [-0.4, -0.2) is 24.7 Å². The fourth-order valence-electron chi connectivity index (χ4n) is 1.13. The number of hydrogen-bond donors (Lipinski definition) is 2. The van der Waals surface area contributed by atoms with E-state index in [2.05, 4.69) is 10.6 Å². The van der Waals surface area contributed by atoms with Gasteiger partial charge >= 0.3 is 0 Å². The lowest BCUT2D eigenvalue weighted by molar-refractivity contribution is 0.0976. The molecule has 0 saturated heterocycles. The van der Waals surface area contributed by atoms with Crippen molar-refractivity contribution in [3.8, 4) is 5.75 Å². The number of benzene rings is 1. The molecule has 1 amide bonds. The van der Waals surface area contributed by atoms with E-state index in [1.54, 1.807) is 31.3 Å². The number of amides is 1. The normalized spacial score (nSPS) is 9.38. The monoisotopic (exact) mass is 238 g/mol. The predicted octanol–water partition coefficient (Wildman–Crippen LogP) is 1.32. The van der Waals surface area contributed by atoms with Gasteiger partial charge in [0.2, 0.25) is 0 Å². The summed E-state index contributed by atoms with van der Waals surface area (Å²) in [6.45, 7) is 2.46. The Kier molecular flexibility index (Phi) is 4.72. The van der Waals surface area contributed by atoms with Gasteiger partial charge < -0.3 is 10.1 Å². The highest BCUT2D eigenvalue weighted by Crippen LogP contribution is 2.12. The highest BCUT2D eigenvalue weighted by atomic mass is 32.1. The van der Waals surface area contributed by atoms with Crippen LogP contribution >= 0.6 is 12.2 Å². The van der Waals surface area contributed by atoms with E-state index in [-0.39, 0.29) is 5.91 Å². The molecule has 0 aliphatic rings. The maximum Gasteiger partial charge on any atom is 0.257 e. The molecule has 0 saturated carbocycles. The molecule has 0 bridgehead atoms. The largest absolute Gasteiger partial charge is 0.494 e. The van der Waals surface area contributed by atoms with Crippen LogP contribution in [0, 0.1) is 0 Å². The van der Waals surface area contributed by atoms with Gasteiger partial charge in [0.1, 0.15) is 5.75 Å². The Morgan fingerprint density at radius 3 is 2.88 bits per heavy atom. The lowest BCUT2D eigenvalue weighted by Gasteiger charge is -2.07. The smallest absolute Gasteiger partial charge is 0.257 e. The zero-order chi connectivity index (χ0) is 12.0. The minimum atomic E-state index is -0.249. The van der Waals surface area contributed by atoms with Crippen LogP contribution in [0.3, 0.4) is 0 Å². The molecule has 2 N–H and O–H groups in total.